The van der Waals surface area contributed by atoms with E-state index in [0.717, 1.165) is 10.6 Å². The summed E-state index contributed by atoms with van der Waals surface area (Å²) in [6, 6.07) is 9.48. The Morgan fingerprint density at radius 3 is 2.65 bits per heavy atom. The first-order chi connectivity index (χ1) is 8.22. The molecule has 0 aliphatic carbocycles. The maximum absolute atomic E-state index is 10.7. The van der Waals surface area contributed by atoms with E-state index in [9.17, 15) is 9.36 Å². The third-order valence-electron chi connectivity index (χ3n) is 2.13. The molecule has 1 amide bonds. The highest BCUT2D eigenvalue weighted by Gasteiger charge is 2.03. The molecule has 1 aromatic carbocycles. The molecular formula is C11H16NO4P. The van der Waals surface area contributed by atoms with Crippen molar-refractivity contribution in [2.24, 2.45) is 0 Å². The third-order valence-corrected chi connectivity index (χ3v) is 2.91. The van der Waals surface area contributed by atoms with Gasteiger partial charge >= 0.3 is 0 Å². The van der Waals surface area contributed by atoms with Gasteiger partial charge in [0.2, 0.25) is 6.41 Å². The molecular weight excluding hydrogens is 241 g/mol. The molecule has 1 unspecified atom stereocenters. The Kier molecular flexibility index (Phi) is 6.55. The summed E-state index contributed by atoms with van der Waals surface area (Å²) >= 11 is 0. The third kappa shape index (κ3) is 6.22. The standard InChI is InChI=1S/C11H16NO4P/c13-10-12(7-4-8-17(14)15)16-9-11-5-2-1-3-6-11/h1-3,5-6,10,17H,4,7-9H2,(H,14,15). The zero-order valence-electron chi connectivity index (χ0n) is 9.41. The van der Waals surface area contributed by atoms with Gasteiger partial charge in [-0.05, 0) is 12.0 Å². The molecule has 6 heteroatoms. The van der Waals surface area contributed by atoms with Crippen LogP contribution in [0.1, 0.15) is 12.0 Å². The molecule has 0 aliphatic rings. The van der Waals surface area contributed by atoms with Gasteiger partial charge in [0.25, 0.3) is 0 Å². The van der Waals surface area contributed by atoms with Crippen molar-refractivity contribution in [2.45, 2.75) is 13.0 Å². The summed E-state index contributed by atoms with van der Waals surface area (Å²) < 4.78 is 10.5. The molecule has 0 saturated heterocycles. The maximum atomic E-state index is 10.7. The average Bonchev–Trinajstić information content (AvgIpc) is 2.34. The van der Waals surface area contributed by atoms with Crippen LogP contribution in [0.5, 0.6) is 0 Å². The number of amides is 1. The van der Waals surface area contributed by atoms with E-state index in [2.05, 4.69) is 0 Å². The molecule has 0 radical (unpaired) electrons. The lowest BCUT2D eigenvalue weighted by Crippen LogP contribution is -2.23. The number of hydrogen-bond donors (Lipinski definition) is 1. The topological polar surface area (TPSA) is 66.8 Å². The molecule has 0 saturated carbocycles. The molecule has 0 fully saturated rings. The van der Waals surface area contributed by atoms with E-state index in [0.29, 0.717) is 26.0 Å². The van der Waals surface area contributed by atoms with Crippen LogP contribution in [0.15, 0.2) is 30.3 Å². The van der Waals surface area contributed by atoms with E-state index in [-0.39, 0.29) is 6.16 Å². The normalized spacial score (nSPS) is 12.1. The molecule has 17 heavy (non-hydrogen) atoms. The largest absolute Gasteiger partial charge is 0.346 e. The Labute approximate surface area is 101 Å². The van der Waals surface area contributed by atoms with Gasteiger partial charge in [-0.3, -0.25) is 14.2 Å². The monoisotopic (exact) mass is 257 g/mol. The van der Waals surface area contributed by atoms with Crippen molar-refractivity contribution in [1.29, 1.82) is 0 Å². The second-order valence-electron chi connectivity index (χ2n) is 3.50. The number of carbonyl (C=O) groups is 1. The number of hydroxylamine groups is 2. The van der Waals surface area contributed by atoms with Crippen molar-refractivity contribution in [3.63, 3.8) is 0 Å². The SMILES string of the molecule is O=CN(CCC[PH](=O)O)OCc1ccccc1. The van der Waals surface area contributed by atoms with Crippen LogP contribution in [0.25, 0.3) is 0 Å². The van der Waals surface area contributed by atoms with Crippen molar-refractivity contribution in [2.75, 3.05) is 12.7 Å². The quantitative estimate of drug-likeness (QED) is 0.434. The smallest absolute Gasteiger partial charge is 0.233 e. The zero-order valence-corrected chi connectivity index (χ0v) is 10.4. The molecule has 1 rings (SSSR count). The number of hydrogen-bond acceptors (Lipinski definition) is 3. The molecule has 0 spiro atoms. The van der Waals surface area contributed by atoms with Crippen molar-refractivity contribution in [3.05, 3.63) is 35.9 Å². The average molecular weight is 257 g/mol. The van der Waals surface area contributed by atoms with Gasteiger partial charge in [0.05, 0.1) is 0 Å². The van der Waals surface area contributed by atoms with Crippen LogP contribution >= 0.6 is 8.03 Å². The van der Waals surface area contributed by atoms with Gasteiger partial charge in [-0.1, -0.05) is 30.3 Å². The van der Waals surface area contributed by atoms with Gasteiger partial charge < -0.3 is 4.89 Å². The second-order valence-corrected chi connectivity index (χ2v) is 4.79. The molecule has 0 bridgehead atoms. The minimum Gasteiger partial charge on any atom is -0.346 e. The summed E-state index contributed by atoms with van der Waals surface area (Å²) in [4.78, 5) is 24.6. The van der Waals surface area contributed by atoms with E-state index in [1.165, 1.54) is 0 Å². The van der Waals surface area contributed by atoms with Crippen LogP contribution < -0.4 is 0 Å². The fraction of sp³-hybridized carbons (Fsp3) is 0.364. The number of rotatable bonds is 8. The molecule has 1 N–H and O–H groups in total. The van der Waals surface area contributed by atoms with Crippen LogP contribution in [-0.2, 0) is 20.8 Å². The van der Waals surface area contributed by atoms with E-state index < -0.39 is 8.03 Å². The van der Waals surface area contributed by atoms with Gasteiger partial charge in [-0.25, -0.2) is 5.06 Å². The molecule has 0 heterocycles. The fourth-order valence-electron chi connectivity index (χ4n) is 1.27. The molecule has 1 aromatic rings. The van der Waals surface area contributed by atoms with Crippen LogP contribution in [0.4, 0.5) is 0 Å². The maximum Gasteiger partial charge on any atom is 0.233 e. The molecule has 1 atom stereocenters. The highest BCUT2D eigenvalue weighted by molar-refractivity contribution is 7.37. The predicted molar refractivity (Wildman–Crippen MR) is 64.7 cm³/mol. The fourth-order valence-corrected chi connectivity index (χ4v) is 1.73. The minimum absolute atomic E-state index is 0.212. The molecule has 94 valence electrons. The van der Waals surface area contributed by atoms with Gasteiger partial charge in [-0.2, -0.15) is 0 Å². The van der Waals surface area contributed by atoms with Gasteiger partial charge in [-0.15, -0.1) is 0 Å². The summed E-state index contributed by atoms with van der Waals surface area (Å²) in [5.41, 5.74) is 0.968. The summed E-state index contributed by atoms with van der Waals surface area (Å²) in [7, 11) is -2.45. The first kappa shape index (κ1) is 13.9. The summed E-state index contributed by atoms with van der Waals surface area (Å²) in [5, 5.41) is 1.15. The first-order valence-electron chi connectivity index (χ1n) is 5.33. The molecule has 0 aliphatic heterocycles. The predicted octanol–water partition coefficient (Wildman–Crippen LogP) is 1.43. The van der Waals surface area contributed by atoms with Crippen LogP contribution in [0, 0.1) is 0 Å². The van der Waals surface area contributed by atoms with Crippen LogP contribution in [0.3, 0.4) is 0 Å². The molecule has 0 aromatic heterocycles. The number of benzene rings is 1. The highest BCUT2D eigenvalue weighted by atomic mass is 31.1. The van der Waals surface area contributed by atoms with Crippen LogP contribution in [-0.4, -0.2) is 29.1 Å². The zero-order chi connectivity index (χ0) is 12.5. The Morgan fingerprint density at radius 2 is 2.06 bits per heavy atom. The van der Waals surface area contributed by atoms with Crippen molar-refractivity contribution in [3.8, 4) is 0 Å². The van der Waals surface area contributed by atoms with Gasteiger partial charge in [0.1, 0.15) is 6.61 Å². The highest BCUT2D eigenvalue weighted by Crippen LogP contribution is 2.13. The first-order valence-corrected chi connectivity index (χ1v) is 6.89. The Hall–Kier alpha value is -1.16. The number of carbonyl (C=O) groups excluding carboxylic acids is 1. The van der Waals surface area contributed by atoms with E-state index in [1.54, 1.807) is 0 Å². The van der Waals surface area contributed by atoms with Crippen LogP contribution in [0.2, 0.25) is 0 Å². The Balaban J connectivity index is 2.27. The van der Waals surface area contributed by atoms with Gasteiger partial charge in [0, 0.05) is 12.7 Å². The Morgan fingerprint density at radius 1 is 1.35 bits per heavy atom. The van der Waals surface area contributed by atoms with E-state index in [4.69, 9.17) is 9.73 Å². The van der Waals surface area contributed by atoms with Crippen molar-refractivity contribution in [1.82, 2.24) is 5.06 Å². The lowest BCUT2D eigenvalue weighted by molar-refractivity contribution is -0.177. The minimum atomic E-state index is -2.45. The van der Waals surface area contributed by atoms with Gasteiger partial charge in [0.15, 0.2) is 8.03 Å². The van der Waals surface area contributed by atoms with Crippen molar-refractivity contribution >= 4 is 14.4 Å². The number of nitrogens with zero attached hydrogens (tertiary/aromatic N) is 1. The Bertz CT molecular complexity index is 358. The van der Waals surface area contributed by atoms with E-state index in [1.807, 2.05) is 30.3 Å². The molecule has 5 nitrogen and oxygen atoms in total. The lowest BCUT2D eigenvalue weighted by Gasteiger charge is -2.16. The summed E-state index contributed by atoms with van der Waals surface area (Å²) in [5.74, 6) is 0. The summed E-state index contributed by atoms with van der Waals surface area (Å²) in [6.07, 6.45) is 1.25. The lowest BCUT2D eigenvalue weighted by atomic mass is 10.2. The van der Waals surface area contributed by atoms with Crippen molar-refractivity contribution < 1.29 is 19.1 Å². The second kappa shape index (κ2) is 8.01. The summed E-state index contributed by atoms with van der Waals surface area (Å²) in [6.45, 7) is 0.640. The van der Waals surface area contributed by atoms with E-state index >= 15 is 0 Å².